The molecule has 0 saturated carbocycles. The standard InChI is InChI=1S/C38H47N3O4/c1-3-5-7-9-10-12-19-28(18-11-8-6-4-2)27-45-38(44)30-21-17-20-29(26-30)35-39-36(31-22-13-15-24-33(31)42)41-37(40-35)32-23-14-16-25-34(32)43/h13-17,20-26,28,42-43H,3-12,18-19,27H2,1-2H3. The highest BCUT2D eigenvalue weighted by atomic mass is 16.5. The van der Waals surface area contributed by atoms with Gasteiger partial charge >= 0.3 is 5.97 Å². The third kappa shape index (κ3) is 10.1. The second-order valence-electron chi connectivity index (χ2n) is 11.8. The zero-order chi connectivity index (χ0) is 31.9. The first-order valence-corrected chi connectivity index (χ1v) is 16.6. The molecule has 1 heterocycles. The van der Waals surface area contributed by atoms with Crippen LogP contribution in [0.3, 0.4) is 0 Å². The van der Waals surface area contributed by atoms with Crippen molar-refractivity contribution in [2.45, 2.75) is 90.9 Å². The van der Waals surface area contributed by atoms with Crippen molar-refractivity contribution >= 4 is 5.97 Å². The summed E-state index contributed by atoms with van der Waals surface area (Å²) in [7, 11) is 0. The zero-order valence-electron chi connectivity index (χ0n) is 26.8. The van der Waals surface area contributed by atoms with E-state index in [0.717, 1.165) is 12.8 Å². The quantitative estimate of drug-likeness (QED) is 0.0854. The van der Waals surface area contributed by atoms with Crippen LogP contribution in [0.1, 0.15) is 101 Å². The van der Waals surface area contributed by atoms with Crippen LogP contribution in [0.25, 0.3) is 34.2 Å². The van der Waals surface area contributed by atoms with Gasteiger partial charge in [0, 0.05) is 5.56 Å². The van der Waals surface area contributed by atoms with Crippen LogP contribution in [0, 0.1) is 5.92 Å². The largest absolute Gasteiger partial charge is 0.507 e. The van der Waals surface area contributed by atoms with Crippen molar-refractivity contribution in [1.82, 2.24) is 15.0 Å². The van der Waals surface area contributed by atoms with Gasteiger partial charge in [0.15, 0.2) is 17.5 Å². The van der Waals surface area contributed by atoms with Crippen LogP contribution >= 0.6 is 0 Å². The van der Waals surface area contributed by atoms with Crippen molar-refractivity contribution in [3.63, 3.8) is 0 Å². The Morgan fingerprint density at radius 2 is 1.16 bits per heavy atom. The molecule has 45 heavy (non-hydrogen) atoms. The number of unbranched alkanes of at least 4 members (excludes halogenated alkanes) is 8. The minimum absolute atomic E-state index is 0.0282. The number of aromatic hydroxyl groups is 2. The number of hydrogen-bond donors (Lipinski definition) is 2. The van der Waals surface area contributed by atoms with Gasteiger partial charge in [-0.2, -0.15) is 0 Å². The van der Waals surface area contributed by atoms with Crippen molar-refractivity contribution in [2.24, 2.45) is 5.92 Å². The van der Waals surface area contributed by atoms with Crippen LogP contribution in [0.2, 0.25) is 0 Å². The lowest BCUT2D eigenvalue weighted by Gasteiger charge is -2.17. The van der Waals surface area contributed by atoms with Gasteiger partial charge in [0.1, 0.15) is 11.5 Å². The molecule has 0 aliphatic rings. The van der Waals surface area contributed by atoms with Crippen molar-refractivity contribution in [2.75, 3.05) is 6.61 Å². The first kappa shape index (κ1) is 33.6. The summed E-state index contributed by atoms with van der Waals surface area (Å²) in [5.74, 6) is 0.879. The molecule has 7 heteroatoms. The maximum atomic E-state index is 13.3. The number of esters is 1. The molecule has 0 spiro atoms. The maximum Gasteiger partial charge on any atom is 0.338 e. The number of hydrogen-bond acceptors (Lipinski definition) is 7. The van der Waals surface area contributed by atoms with E-state index < -0.39 is 0 Å². The SMILES string of the molecule is CCCCCCCCC(CCCCCC)COC(=O)c1cccc(-c2nc(-c3ccccc3O)nc(-c3ccccc3O)n2)c1. The molecule has 7 nitrogen and oxygen atoms in total. The Labute approximate surface area is 267 Å². The normalized spacial score (nSPS) is 11.8. The van der Waals surface area contributed by atoms with E-state index in [2.05, 4.69) is 28.8 Å². The van der Waals surface area contributed by atoms with Crippen molar-refractivity contribution in [1.29, 1.82) is 0 Å². The first-order chi connectivity index (χ1) is 22.0. The fraction of sp³-hybridized carbons (Fsp3) is 0.421. The number of para-hydroxylation sites is 2. The van der Waals surface area contributed by atoms with Crippen molar-refractivity contribution < 1.29 is 19.7 Å². The van der Waals surface area contributed by atoms with E-state index in [-0.39, 0.29) is 29.1 Å². The number of aromatic nitrogens is 3. The fourth-order valence-corrected chi connectivity index (χ4v) is 5.52. The number of nitrogens with zero attached hydrogens (tertiary/aromatic N) is 3. The summed E-state index contributed by atoms with van der Waals surface area (Å²) in [5.41, 5.74) is 1.89. The summed E-state index contributed by atoms with van der Waals surface area (Å²) in [6.45, 7) is 4.88. The summed E-state index contributed by atoms with van der Waals surface area (Å²) in [5, 5.41) is 21.1. The van der Waals surface area contributed by atoms with E-state index in [1.807, 2.05) is 6.07 Å². The molecular weight excluding hydrogens is 562 g/mol. The number of ether oxygens (including phenoxy) is 1. The Kier molecular flexibility index (Phi) is 13.4. The number of rotatable bonds is 18. The Balaban J connectivity index is 1.53. The van der Waals surface area contributed by atoms with Crippen molar-refractivity contribution in [3.8, 4) is 45.7 Å². The Bertz CT molecular complexity index is 1440. The molecule has 0 amide bonds. The third-order valence-electron chi connectivity index (χ3n) is 8.16. The second kappa shape index (κ2) is 17.9. The Morgan fingerprint density at radius 1 is 0.644 bits per heavy atom. The lowest BCUT2D eigenvalue weighted by atomic mass is 9.95. The lowest BCUT2D eigenvalue weighted by Crippen LogP contribution is -2.15. The van der Waals surface area contributed by atoms with E-state index in [9.17, 15) is 15.0 Å². The lowest BCUT2D eigenvalue weighted by molar-refractivity contribution is 0.0422. The highest BCUT2D eigenvalue weighted by Crippen LogP contribution is 2.32. The summed E-state index contributed by atoms with van der Waals surface area (Å²) in [6.07, 6.45) is 14.5. The Hall–Kier alpha value is -4.26. The van der Waals surface area contributed by atoms with Gasteiger partial charge in [-0.15, -0.1) is 0 Å². The Morgan fingerprint density at radius 3 is 1.73 bits per heavy atom. The van der Waals surface area contributed by atoms with Crippen LogP contribution < -0.4 is 0 Å². The van der Waals surface area contributed by atoms with Gasteiger partial charge in [0.25, 0.3) is 0 Å². The molecule has 0 radical (unpaired) electrons. The molecule has 0 fully saturated rings. The highest BCUT2D eigenvalue weighted by Gasteiger charge is 2.18. The van der Waals surface area contributed by atoms with Gasteiger partial charge in [-0.25, -0.2) is 19.7 Å². The predicted octanol–water partition coefficient (Wildman–Crippen LogP) is 9.78. The summed E-state index contributed by atoms with van der Waals surface area (Å²) < 4.78 is 5.89. The summed E-state index contributed by atoms with van der Waals surface area (Å²) in [6, 6.07) is 20.7. The van der Waals surface area contributed by atoms with E-state index >= 15 is 0 Å². The maximum absolute atomic E-state index is 13.3. The first-order valence-electron chi connectivity index (χ1n) is 16.6. The van der Waals surface area contributed by atoms with Crippen LogP contribution in [0.5, 0.6) is 11.5 Å². The minimum atomic E-state index is -0.366. The van der Waals surface area contributed by atoms with Crippen LogP contribution in [-0.4, -0.2) is 37.7 Å². The molecule has 0 bridgehead atoms. The number of carbonyl (C=O) groups is 1. The van der Waals surface area contributed by atoms with Crippen LogP contribution in [0.4, 0.5) is 0 Å². The molecule has 0 aliphatic carbocycles. The second-order valence-corrected chi connectivity index (χ2v) is 11.8. The van der Waals surface area contributed by atoms with Crippen LogP contribution in [0.15, 0.2) is 72.8 Å². The van der Waals surface area contributed by atoms with E-state index in [1.54, 1.807) is 66.7 Å². The number of phenols is 2. The molecule has 4 rings (SSSR count). The summed E-state index contributed by atoms with van der Waals surface area (Å²) in [4.78, 5) is 27.2. The molecule has 0 aliphatic heterocycles. The molecule has 1 aromatic heterocycles. The summed E-state index contributed by atoms with van der Waals surface area (Å²) >= 11 is 0. The van der Waals surface area contributed by atoms with Gasteiger partial charge in [0.2, 0.25) is 0 Å². The van der Waals surface area contributed by atoms with Crippen molar-refractivity contribution in [3.05, 3.63) is 78.4 Å². The highest BCUT2D eigenvalue weighted by molar-refractivity contribution is 5.90. The zero-order valence-corrected chi connectivity index (χ0v) is 26.8. The van der Waals surface area contributed by atoms with E-state index in [0.29, 0.717) is 40.6 Å². The molecule has 1 unspecified atom stereocenters. The predicted molar refractivity (Wildman–Crippen MR) is 180 cm³/mol. The molecular formula is C38H47N3O4. The fourth-order valence-electron chi connectivity index (χ4n) is 5.52. The number of benzene rings is 3. The average molecular weight is 610 g/mol. The van der Waals surface area contributed by atoms with E-state index in [1.165, 1.54) is 64.2 Å². The van der Waals surface area contributed by atoms with Gasteiger partial charge in [-0.05, 0) is 55.2 Å². The molecule has 3 aromatic carbocycles. The molecule has 4 aromatic rings. The topological polar surface area (TPSA) is 105 Å². The van der Waals surface area contributed by atoms with Gasteiger partial charge < -0.3 is 14.9 Å². The third-order valence-corrected chi connectivity index (χ3v) is 8.16. The molecule has 2 N–H and O–H groups in total. The number of carbonyl (C=O) groups excluding carboxylic acids is 1. The van der Waals surface area contributed by atoms with Gasteiger partial charge in [0.05, 0.1) is 23.3 Å². The van der Waals surface area contributed by atoms with Crippen LogP contribution in [-0.2, 0) is 4.74 Å². The van der Waals surface area contributed by atoms with Gasteiger partial charge in [-0.3, -0.25) is 0 Å². The van der Waals surface area contributed by atoms with Gasteiger partial charge in [-0.1, -0.05) is 114 Å². The van der Waals surface area contributed by atoms with E-state index in [4.69, 9.17) is 4.74 Å². The smallest absolute Gasteiger partial charge is 0.338 e. The minimum Gasteiger partial charge on any atom is -0.507 e. The molecule has 1 atom stereocenters. The number of phenolic OH excluding ortho intramolecular Hbond substituents is 2. The average Bonchev–Trinajstić information content (AvgIpc) is 3.06. The molecule has 238 valence electrons. The monoisotopic (exact) mass is 609 g/mol. The molecule has 0 saturated heterocycles.